The van der Waals surface area contributed by atoms with Crippen molar-refractivity contribution in [2.75, 3.05) is 48.7 Å². The van der Waals surface area contributed by atoms with Gasteiger partial charge in [-0.3, -0.25) is 0 Å². The highest BCUT2D eigenvalue weighted by Gasteiger charge is 2.15. The first-order chi connectivity index (χ1) is 13.7. The molecule has 1 aliphatic rings. The maximum Gasteiger partial charge on any atom is 0.227 e. The molecule has 4 rings (SSSR count). The highest BCUT2D eigenvalue weighted by molar-refractivity contribution is 5.64. The smallest absolute Gasteiger partial charge is 0.227 e. The standard InChI is InChI=1S/C22H26N6/c1-2-27-13-15-28(16-14-27)20-9-7-19(8-10-20)25-22-24-12-11-21(26-22)17-3-5-18(23)6-4-17/h3-12H,2,13-16,23H2,1H3,(H,24,25,26). The highest BCUT2D eigenvalue weighted by Crippen LogP contribution is 2.23. The number of nitrogens with one attached hydrogen (secondary N) is 1. The third-order valence-electron chi connectivity index (χ3n) is 5.17. The fraction of sp³-hybridized carbons (Fsp3) is 0.273. The van der Waals surface area contributed by atoms with E-state index >= 15 is 0 Å². The van der Waals surface area contributed by atoms with E-state index in [1.54, 1.807) is 6.20 Å². The number of anilines is 4. The zero-order valence-corrected chi connectivity index (χ0v) is 16.2. The number of aromatic nitrogens is 2. The van der Waals surface area contributed by atoms with Crippen LogP contribution in [0, 0.1) is 0 Å². The van der Waals surface area contributed by atoms with Crippen molar-refractivity contribution >= 4 is 23.0 Å². The van der Waals surface area contributed by atoms with Gasteiger partial charge in [0.2, 0.25) is 5.95 Å². The predicted molar refractivity (Wildman–Crippen MR) is 116 cm³/mol. The second-order valence-electron chi connectivity index (χ2n) is 6.98. The summed E-state index contributed by atoms with van der Waals surface area (Å²) in [4.78, 5) is 13.9. The van der Waals surface area contributed by atoms with Crippen molar-refractivity contribution in [3.8, 4) is 11.3 Å². The molecule has 0 unspecified atom stereocenters. The lowest BCUT2D eigenvalue weighted by molar-refractivity contribution is 0.271. The van der Waals surface area contributed by atoms with Gasteiger partial charge in [-0.2, -0.15) is 0 Å². The SMILES string of the molecule is CCN1CCN(c2ccc(Nc3nccc(-c4ccc(N)cc4)n3)cc2)CC1. The minimum Gasteiger partial charge on any atom is -0.399 e. The molecular formula is C22H26N6. The zero-order chi connectivity index (χ0) is 19.3. The van der Waals surface area contributed by atoms with E-state index < -0.39 is 0 Å². The Hall–Kier alpha value is -3.12. The summed E-state index contributed by atoms with van der Waals surface area (Å²) in [6.45, 7) is 7.76. The normalized spacial score (nSPS) is 14.8. The Balaban J connectivity index is 1.43. The number of nitrogens with two attached hydrogens (primary N) is 1. The lowest BCUT2D eigenvalue weighted by Crippen LogP contribution is -2.46. The fourth-order valence-corrected chi connectivity index (χ4v) is 3.44. The van der Waals surface area contributed by atoms with Crippen molar-refractivity contribution in [2.24, 2.45) is 0 Å². The molecule has 1 aliphatic heterocycles. The maximum atomic E-state index is 5.77. The number of rotatable bonds is 5. The molecule has 6 nitrogen and oxygen atoms in total. The lowest BCUT2D eigenvalue weighted by Gasteiger charge is -2.35. The fourth-order valence-electron chi connectivity index (χ4n) is 3.44. The molecule has 144 valence electrons. The molecule has 0 amide bonds. The van der Waals surface area contributed by atoms with Gasteiger partial charge in [-0.05, 0) is 49.0 Å². The largest absolute Gasteiger partial charge is 0.399 e. The topological polar surface area (TPSA) is 70.3 Å². The summed E-state index contributed by atoms with van der Waals surface area (Å²) >= 11 is 0. The van der Waals surface area contributed by atoms with Crippen molar-refractivity contribution in [1.82, 2.24) is 14.9 Å². The Labute approximate surface area is 166 Å². The number of piperazine rings is 1. The van der Waals surface area contributed by atoms with E-state index in [0.29, 0.717) is 5.95 Å². The third kappa shape index (κ3) is 4.23. The van der Waals surface area contributed by atoms with Crippen LogP contribution in [-0.4, -0.2) is 47.6 Å². The van der Waals surface area contributed by atoms with E-state index in [0.717, 1.165) is 55.4 Å². The zero-order valence-electron chi connectivity index (χ0n) is 16.2. The van der Waals surface area contributed by atoms with Crippen LogP contribution < -0.4 is 16.0 Å². The van der Waals surface area contributed by atoms with Gasteiger partial charge in [-0.25, -0.2) is 9.97 Å². The maximum absolute atomic E-state index is 5.77. The van der Waals surface area contributed by atoms with Gasteiger partial charge in [-0.15, -0.1) is 0 Å². The second kappa shape index (κ2) is 8.27. The molecule has 0 spiro atoms. The molecule has 2 aromatic carbocycles. The average molecular weight is 374 g/mol. The van der Waals surface area contributed by atoms with Gasteiger partial charge in [0, 0.05) is 55.0 Å². The molecule has 6 heteroatoms. The first-order valence-corrected chi connectivity index (χ1v) is 9.74. The number of hydrogen-bond donors (Lipinski definition) is 2. The van der Waals surface area contributed by atoms with E-state index in [1.165, 1.54) is 5.69 Å². The Kier molecular flexibility index (Phi) is 5.39. The summed E-state index contributed by atoms with van der Waals surface area (Å²) in [6.07, 6.45) is 1.77. The molecule has 3 aromatic rings. The van der Waals surface area contributed by atoms with E-state index in [-0.39, 0.29) is 0 Å². The van der Waals surface area contributed by atoms with Crippen molar-refractivity contribution in [3.63, 3.8) is 0 Å². The van der Waals surface area contributed by atoms with Crippen LogP contribution in [0.5, 0.6) is 0 Å². The first kappa shape index (κ1) is 18.3. The van der Waals surface area contributed by atoms with Crippen molar-refractivity contribution < 1.29 is 0 Å². The molecule has 1 fully saturated rings. The Morgan fingerprint density at radius 2 is 1.64 bits per heavy atom. The molecule has 0 bridgehead atoms. The molecule has 0 aliphatic carbocycles. The van der Waals surface area contributed by atoms with Gasteiger partial charge < -0.3 is 20.9 Å². The Morgan fingerprint density at radius 1 is 0.929 bits per heavy atom. The van der Waals surface area contributed by atoms with Gasteiger partial charge in [-0.1, -0.05) is 19.1 Å². The predicted octanol–water partition coefficient (Wildman–Crippen LogP) is 3.61. The monoisotopic (exact) mass is 374 g/mol. The molecule has 28 heavy (non-hydrogen) atoms. The molecule has 0 atom stereocenters. The first-order valence-electron chi connectivity index (χ1n) is 9.74. The van der Waals surface area contributed by atoms with E-state index in [4.69, 9.17) is 5.73 Å². The number of likely N-dealkylation sites (N-methyl/N-ethyl adjacent to an activating group) is 1. The van der Waals surface area contributed by atoms with Crippen LogP contribution in [0.4, 0.5) is 23.0 Å². The van der Waals surface area contributed by atoms with E-state index in [1.807, 2.05) is 30.3 Å². The molecule has 0 radical (unpaired) electrons. The summed E-state index contributed by atoms with van der Waals surface area (Å²) in [5.74, 6) is 0.582. The second-order valence-corrected chi connectivity index (χ2v) is 6.98. The summed E-state index contributed by atoms with van der Waals surface area (Å²) in [6, 6.07) is 18.1. The van der Waals surface area contributed by atoms with Crippen molar-refractivity contribution in [3.05, 3.63) is 60.8 Å². The molecular weight excluding hydrogens is 348 g/mol. The number of nitrogens with zero attached hydrogens (tertiary/aromatic N) is 4. The van der Waals surface area contributed by atoms with E-state index in [2.05, 4.69) is 56.3 Å². The van der Waals surface area contributed by atoms with Crippen molar-refractivity contribution in [1.29, 1.82) is 0 Å². The number of hydrogen-bond acceptors (Lipinski definition) is 6. The van der Waals surface area contributed by atoms with Crippen LogP contribution in [0.1, 0.15) is 6.92 Å². The molecule has 1 saturated heterocycles. The number of nitrogen functional groups attached to an aromatic ring is 1. The van der Waals surface area contributed by atoms with Crippen LogP contribution in [-0.2, 0) is 0 Å². The Morgan fingerprint density at radius 3 is 2.32 bits per heavy atom. The van der Waals surface area contributed by atoms with Gasteiger partial charge in [0.05, 0.1) is 5.69 Å². The Bertz CT molecular complexity index is 899. The van der Waals surface area contributed by atoms with Crippen LogP contribution in [0.25, 0.3) is 11.3 Å². The summed E-state index contributed by atoms with van der Waals surface area (Å²) in [7, 11) is 0. The van der Waals surface area contributed by atoms with Crippen molar-refractivity contribution in [2.45, 2.75) is 6.92 Å². The molecule has 2 heterocycles. The summed E-state index contributed by atoms with van der Waals surface area (Å²) in [5.41, 5.74) is 10.6. The summed E-state index contributed by atoms with van der Waals surface area (Å²) in [5, 5.41) is 3.30. The van der Waals surface area contributed by atoms with Gasteiger partial charge >= 0.3 is 0 Å². The van der Waals surface area contributed by atoms with Crippen LogP contribution in [0.15, 0.2) is 60.8 Å². The van der Waals surface area contributed by atoms with Crippen LogP contribution >= 0.6 is 0 Å². The van der Waals surface area contributed by atoms with Gasteiger partial charge in [0.15, 0.2) is 0 Å². The molecule has 1 aromatic heterocycles. The molecule has 3 N–H and O–H groups in total. The third-order valence-corrected chi connectivity index (χ3v) is 5.17. The minimum absolute atomic E-state index is 0.582. The van der Waals surface area contributed by atoms with Gasteiger partial charge in [0.25, 0.3) is 0 Å². The van der Waals surface area contributed by atoms with Crippen LogP contribution in [0.2, 0.25) is 0 Å². The lowest BCUT2D eigenvalue weighted by atomic mass is 10.1. The molecule has 0 saturated carbocycles. The minimum atomic E-state index is 0.582. The van der Waals surface area contributed by atoms with Crippen LogP contribution in [0.3, 0.4) is 0 Å². The number of benzene rings is 2. The van der Waals surface area contributed by atoms with Gasteiger partial charge in [0.1, 0.15) is 0 Å². The average Bonchev–Trinajstić information content (AvgIpc) is 2.75. The summed E-state index contributed by atoms with van der Waals surface area (Å²) < 4.78 is 0. The quantitative estimate of drug-likeness (QED) is 0.665. The highest BCUT2D eigenvalue weighted by atomic mass is 15.3. The van der Waals surface area contributed by atoms with E-state index in [9.17, 15) is 0 Å².